The van der Waals surface area contributed by atoms with Crippen LogP contribution >= 0.6 is 0 Å². The van der Waals surface area contributed by atoms with Crippen molar-refractivity contribution >= 4 is 21.7 Å². The SMILES string of the molecule is CC(=O)Nc1c(F)c(F)c(F)c(F)c1S(=O)(=O)O. The van der Waals surface area contributed by atoms with Gasteiger partial charge in [0.05, 0.1) is 0 Å². The zero-order valence-corrected chi connectivity index (χ0v) is 9.41. The lowest BCUT2D eigenvalue weighted by Crippen LogP contribution is -2.17. The van der Waals surface area contributed by atoms with Gasteiger partial charge < -0.3 is 5.32 Å². The summed E-state index contributed by atoms with van der Waals surface area (Å²) in [6.45, 7) is 0.784. The number of nitrogens with one attached hydrogen (secondary N) is 1. The lowest BCUT2D eigenvalue weighted by Gasteiger charge is -2.11. The molecule has 0 unspecified atom stereocenters. The number of amides is 1. The highest BCUT2D eigenvalue weighted by molar-refractivity contribution is 7.86. The highest BCUT2D eigenvalue weighted by Crippen LogP contribution is 2.31. The van der Waals surface area contributed by atoms with Gasteiger partial charge in [0.1, 0.15) is 5.69 Å². The van der Waals surface area contributed by atoms with Crippen molar-refractivity contribution in [3.63, 3.8) is 0 Å². The van der Waals surface area contributed by atoms with Gasteiger partial charge in [-0.25, -0.2) is 17.6 Å². The normalized spacial score (nSPS) is 11.4. The first kappa shape index (κ1) is 14.4. The molecular formula is C8H5F4NO4S. The third-order valence-electron chi connectivity index (χ3n) is 1.78. The maximum atomic E-state index is 13.2. The number of anilines is 1. The first-order valence-corrected chi connectivity index (χ1v) is 5.62. The van der Waals surface area contributed by atoms with E-state index in [0.717, 1.165) is 6.92 Å². The molecule has 0 radical (unpaired) electrons. The van der Waals surface area contributed by atoms with Crippen LogP contribution < -0.4 is 5.32 Å². The van der Waals surface area contributed by atoms with Crippen molar-refractivity contribution in [1.82, 2.24) is 0 Å². The van der Waals surface area contributed by atoms with E-state index in [1.807, 2.05) is 0 Å². The first-order chi connectivity index (χ1) is 8.07. The van der Waals surface area contributed by atoms with Crippen LogP contribution in [-0.2, 0) is 14.9 Å². The molecule has 10 heteroatoms. The summed E-state index contributed by atoms with van der Waals surface area (Å²) in [4.78, 5) is 8.78. The Hall–Kier alpha value is -1.68. The van der Waals surface area contributed by atoms with Crippen LogP contribution in [0.5, 0.6) is 0 Å². The molecule has 0 saturated carbocycles. The number of hydrogen-bond acceptors (Lipinski definition) is 3. The molecule has 0 saturated heterocycles. The molecule has 1 aromatic carbocycles. The standard InChI is InChI=1S/C8H5F4NO4S/c1-2(14)13-7-5(11)3(9)4(10)6(12)8(7)18(15,16)17/h1H3,(H,13,14)(H,15,16,17). The summed E-state index contributed by atoms with van der Waals surface area (Å²) in [5, 5.41) is 1.46. The van der Waals surface area contributed by atoms with Crippen LogP contribution in [0, 0.1) is 23.3 Å². The van der Waals surface area contributed by atoms with Crippen LogP contribution in [0.3, 0.4) is 0 Å². The number of halogens is 4. The lowest BCUT2D eigenvalue weighted by molar-refractivity contribution is -0.114. The van der Waals surface area contributed by atoms with Crippen molar-refractivity contribution in [2.75, 3.05) is 5.32 Å². The molecule has 0 aliphatic carbocycles. The minimum absolute atomic E-state index is 0.784. The molecule has 1 aromatic rings. The van der Waals surface area contributed by atoms with Crippen molar-refractivity contribution in [1.29, 1.82) is 0 Å². The van der Waals surface area contributed by atoms with E-state index in [-0.39, 0.29) is 0 Å². The van der Waals surface area contributed by atoms with Gasteiger partial charge in [0, 0.05) is 6.92 Å². The zero-order chi connectivity index (χ0) is 14.2. The van der Waals surface area contributed by atoms with E-state index in [2.05, 4.69) is 0 Å². The minimum Gasteiger partial charge on any atom is -0.323 e. The van der Waals surface area contributed by atoms with Crippen LogP contribution in [-0.4, -0.2) is 18.9 Å². The Morgan fingerprint density at radius 1 is 1.06 bits per heavy atom. The molecule has 2 N–H and O–H groups in total. The van der Waals surface area contributed by atoms with Gasteiger partial charge in [0.15, 0.2) is 28.2 Å². The average molecular weight is 287 g/mol. The second kappa shape index (κ2) is 4.53. The van der Waals surface area contributed by atoms with Crippen molar-refractivity contribution in [2.45, 2.75) is 11.8 Å². The molecule has 0 aliphatic rings. The molecule has 100 valence electrons. The molecule has 18 heavy (non-hydrogen) atoms. The highest BCUT2D eigenvalue weighted by atomic mass is 32.2. The number of benzene rings is 1. The fraction of sp³-hybridized carbons (Fsp3) is 0.125. The van der Waals surface area contributed by atoms with E-state index in [0.29, 0.717) is 0 Å². The van der Waals surface area contributed by atoms with Gasteiger partial charge in [-0.1, -0.05) is 0 Å². The molecule has 0 spiro atoms. The largest absolute Gasteiger partial charge is 0.323 e. The predicted molar refractivity (Wildman–Crippen MR) is 50.4 cm³/mol. The molecule has 0 atom stereocenters. The third kappa shape index (κ3) is 2.43. The lowest BCUT2D eigenvalue weighted by atomic mass is 10.2. The number of carbonyl (C=O) groups excluding carboxylic acids is 1. The van der Waals surface area contributed by atoms with Crippen LogP contribution in [0.1, 0.15) is 6.92 Å². The predicted octanol–water partition coefficient (Wildman–Crippen LogP) is 1.45. The summed E-state index contributed by atoms with van der Waals surface area (Å²) >= 11 is 0. The van der Waals surface area contributed by atoms with E-state index >= 15 is 0 Å². The molecule has 0 aromatic heterocycles. The molecule has 0 bridgehead atoms. The van der Waals surface area contributed by atoms with Crippen LogP contribution in [0.15, 0.2) is 4.90 Å². The minimum atomic E-state index is -5.41. The van der Waals surface area contributed by atoms with Gasteiger partial charge in [-0.3, -0.25) is 9.35 Å². The van der Waals surface area contributed by atoms with Crippen molar-refractivity contribution in [3.8, 4) is 0 Å². The number of rotatable bonds is 2. The monoisotopic (exact) mass is 287 g/mol. The summed E-state index contributed by atoms with van der Waals surface area (Å²) in [5.74, 6) is -10.3. The Kier molecular flexibility index (Phi) is 3.62. The fourth-order valence-electron chi connectivity index (χ4n) is 1.14. The van der Waals surface area contributed by atoms with Crippen molar-refractivity contribution < 1.29 is 35.3 Å². The Bertz CT molecular complexity index is 629. The van der Waals surface area contributed by atoms with E-state index in [1.165, 1.54) is 5.32 Å². The highest BCUT2D eigenvalue weighted by Gasteiger charge is 2.32. The van der Waals surface area contributed by atoms with Crippen molar-refractivity contribution in [3.05, 3.63) is 23.3 Å². The molecule has 0 heterocycles. The maximum absolute atomic E-state index is 13.2. The quantitative estimate of drug-likeness (QED) is 0.373. The second-order valence-electron chi connectivity index (χ2n) is 3.12. The van der Waals surface area contributed by atoms with Gasteiger partial charge in [-0.15, -0.1) is 0 Å². The smallest absolute Gasteiger partial charge is 0.299 e. The fourth-order valence-corrected chi connectivity index (χ4v) is 1.86. The Morgan fingerprint density at radius 3 is 1.89 bits per heavy atom. The van der Waals surface area contributed by atoms with Crippen LogP contribution in [0.4, 0.5) is 23.2 Å². The van der Waals surface area contributed by atoms with E-state index in [9.17, 15) is 30.8 Å². The molecule has 5 nitrogen and oxygen atoms in total. The van der Waals surface area contributed by atoms with E-state index in [4.69, 9.17) is 4.55 Å². The third-order valence-corrected chi connectivity index (χ3v) is 2.68. The van der Waals surface area contributed by atoms with Crippen LogP contribution in [0.25, 0.3) is 0 Å². The van der Waals surface area contributed by atoms with Crippen molar-refractivity contribution in [2.24, 2.45) is 0 Å². The van der Waals surface area contributed by atoms with Crippen LogP contribution in [0.2, 0.25) is 0 Å². The molecule has 0 fully saturated rings. The molecule has 0 aliphatic heterocycles. The van der Waals surface area contributed by atoms with Gasteiger partial charge in [-0.2, -0.15) is 8.42 Å². The van der Waals surface area contributed by atoms with Gasteiger partial charge in [0.25, 0.3) is 10.1 Å². The number of carbonyl (C=O) groups is 1. The van der Waals surface area contributed by atoms with Gasteiger partial charge >= 0.3 is 0 Å². The number of hydrogen-bond donors (Lipinski definition) is 2. The summed E-state index contributed by atoms with van der Waals surface area (Å²) in [6.07, 6.45) is 0. The average Bonchev–Trinajstić information content (AvgIpc) is 2.20. The molecule has 1 amide bonds. The Balaban J connectivity index is 3.82. The Labute approximate surface area is 98.2 Å². The van der Waals surface area contributed by atoms with Gasteiger partial charge in [-0.05, 0) is 0 Å². The summed E-state index contributed by atoms with van der Waals surface area (Å²) in [5.41, 5.74) is -1.50. The summed E-state index contributed by atoms with van der Waals surface area (Å²) in [6, 6.07) is 0. The first-order valence-electron chi connectivity index (χ1n) is 4.18. The molecular weight excluding hydrogens is 282 g/mol. The zero-order valence-electron chi connectivity index (χ0n) is 8.59. The Morgan fingerprint density at radius 2 is 1.50 bits per heavy atom. The van der Waals surface area contributed by atoms with E-state index in [1.54, 1.807) is 0 Å². The maximum Gasteiger partial charge on any atom is 0.299 e. The van der Waals surface area contributed by atoms with E-state index < -0.39 is 49.9 Å². The topological polar surface area (TPSA) is 83.5 Å². The second-order valence-corrected chi connectivity index (χ2v) is 4.47. The summed E-state index contributed by atoms with van der Waals surface area (Å²) in [7, 11) is -5.41. The summed E-state index contributed by atoms with van der Waals surface area (Å²) < 4.78 is 82.3. The molecule has 1 rings (SSSR count). The van der Waals surface area contributed by atoms with Gasteiger partial charge in [0.2, 0.25) is 5.91 Å².